The first kappa shape index (κ1) is 10.6. The summed E-state index contributed by atoms with van der Waals surface area (Å²) in [4.78, 5) is 8.84. The summed E-state index contributed by atoms with van der Waals surface area (Å²) in [6.07, 6.45) is 6.45. The third kappa shape index (κ3) is 2.53. The molecule has 1 fully saturated rings. The van der Waals surface area contributed by atoms with Crippen molar-refractivity contribution in [3.63, 3.8) is 0 Å². The maximum absolute atomic E-state index is 4.42. The molecule has 0 saturated carbocycles. The van der Waals surface area contributed by atoms with Gasteiger partial charge in [0.05, 0.1) is 0 Å². The van der Waals surface area contributed by atoms with E-state index in [1.165, 1.54) is 18.4 Å². The molecule has 0 spiro atoms. The number of aromatic nitrogens is 2. The summed E-state index contributed by atoms with van der Waals surface area (Å²) in [5.41, 5.74) is 1.31. The summed E-state index contributed by atoms with van der Waals surface area (Å²) < 4.78 is 0. The minimum absolute atomic E-state index is 0.423. The Morgan fingerprint density at radius 3 is 2.33 bits per heavy atom. The molecule has 1 aromatic rings. The number of hydrogen-bond donors (Lipinski definition) is 1. The van der Waals surface area contributed by atoms with E-state index in [0.29, 0.717) is 11.8 Å². The molecule has 1 N–H and O–H groups in total. The van der Waals surface area contributed by atoms with Gasteiger partial charge in [-0.05, 0) is 37.4 Å². The molecule has 82 valence electrons. The largest absolute Gasteiger partial charge is 0.317 e. The first-order valence-corrected chi connectivity index (χ1v) is 5.80. The van der Waals surface area contributed by atoms with Gasteiger partial charge in [-0.15, -0.1) is 0 Å². The van der Waals surface area contributed by atoms with Gasteiger partial charge in [0.25, 0.3) is 0 Å². The normalized spacial score (nSPS) is 18.3. The summed E-state index contributed by atoms with van der Waals surface area (Å²) in [5, 5.41) is 3.37. The minimum Gasteiger partial charge on any atom is -0.317 e. The lowest BCUT2D eigenvalue weighted by Gasteiger charge is -2.22. The van der Waals surface area contributed by atoms with Gasteiger partial charge in [0.1, 0.15) is 5.82 Å². The fraction of sp³-hybridized carbons (Fsp3) is 0.667. The second kappa shape index (κ2) is 4.71. The lowest BCUT2D eigenvalue weighted by molar-refractivity contribution is 0.458. The zero-order valence-corrected chi connectivity index (χ0v) is 9.53. The minimum atomic E-state index is 0.423. The summed E-state index contributed by atoms with van der Waals surface area (Å²) in [5.74, 6) is 2.03. The fourth-order valence-corrected chi connectivity index (χ4v) is 2.01. The summed E-state index contributed by atoms with van der Waals surface area (Å²) >= 11 is 0. The van der Waals surface area contributed by atoms with Gasteiger partial charge in [0.15, 0.2) is 0 Å². The molecule has 1 aliphatic heterocycles. The highest BCUT2D eigenvalue weighted by molar-refractivity contribution is 5.13. The highest BCUT2D eigenvalue weighted by atomic mass is 14.9. The van der Waals surface area contributed by atoms with Gasteiger partial charge < -0.3 is 5.32 Å². The van der Waals surface area contributed by atoms with E-state index in [1.807, 2.05) is 12.4 Å². The molecule has 0 aliphatic carbocycles. The monoisotopic (exact) mass is 205 g/mol. The molecule has 1 saturated heterocycles. The maximum Gasteiger partial charge on any atom is 0.130 e. The van der Waals surface area contributed by atoms with Gasteiger partial charge in [0, 0.05) is 18.3 Å². The molecule has 0 amide bonds. The molecule has 0 atom stereocenters. The van der Waals surface area contributed by atoms with Crippen molar-refractivity contribution in [2.45, 2.75) is 38.5 Å². The number of nitrogens with one attached hydrogen (secondary N) is 1. The van der Waals surface area contributed by atoms with Crippen LogP contribution in [0, 0.1) is 0 Å². The second-order valence-electron chi connectivity index (χ2n) is 4.55. The summed E-state index contributed by atoms with van der Waals surface area (Å²) in [7, 11) is 0. The van der Waals surface area contributed by atoms with E-state index >= 15 is 0 Å². The Kier molecular flexibility index (Phi) is 3.31. The standard InChI is InChI=1S/C12H19N3/c1-9(2)12-14-7-11(8-15-12)10-3-5-13-6-4-10/h7-10,13H,3-6H2,1-2H3. The van der Waals surface area contributed by atoms with Gasteiger partial charge in [-0.3, -0.25) is 0 Å². The highest BCUT2D eigenvalue weighted by Gasteiger charge is 2.15. The Hall–Kier alpha value is -0.960. The zero-order valence-electron chi connectivity index (χ0n) is 9.53. The van der Waals surface area contributed by atoms with E-state index in [-0.39, 0.29) is 0 Å². The SMILES string of the molecule is CC(C)c1ncc(C2CCNCC2)cn1. The molecular formula is C12H19N3. The number of rotatable bonds is 2. The Balaban J connectivity index is 2.08. The molecule has 15 heavy (non-hydrogen) atoms. The molecule has 0 aromatic carbocycles. The fourth-order valence-electron chi connectivity index (χ4n) is 2.01. The van der Waals surface area contributed by atoms with E-state index in [0.717, 1.165) is 18.9 Å². The predicted molar refractivity (Wildman–Crippen MR) is 61.0 cm³/mol. The zero-order chi connectivity index (χ0) is 10.7. The molecule has 0 bridgehead atoms. The average Bonchev–Trinajstić information content (AvgIpc) is 2.30. The maximum atomic E-state index is 4.42. The van der Waals surface area contributed by atoms with Gasteiger partial charge in [-0.2, -0.15) is 0 Å². The van der Waals surface area contributed by atoms with Crippen LogP contribution in [0.5, 0.6) is 0 Å². The van der Waals surface area contributed by atoms with Gasteiger partial charge in [0.2, 0.25) is 0 Å². The number of nitrogens with zero attached hydrogens (tertiary/aromatic N) is 2. The van der Waals surface area contributed by atoms with Gasteiger partial charge in [-0.25, -0.2) is 9.97 Å². The van der Waals surface area contributed by atoms with Crippen LogP contribution in [0.2, 0.25) is 0 Å². The topological polar surface area (TPSA) is 37.8 Å². The van der Waals surface area contributed by atoms with Crippen LogP contribution in [-0.4, -0.2) is 23.1 Å². The molecule has 0 unspecified atom stereocenters. The third-order valence-electron chi connectivity index (χ3n) is 3.02. The van der Waals surface area contributed by atoms with Crippen molar-refractivity contribution in [3.8, 4) is 0 Å². The van der Waals surface area contributed by atoms with Crippen LogP contribution in [0.4, 0.5) is 0 Å². The predicted octanol–water partition coefficient (Wildman–Crippen LogP) is 2.07. The van der Waals surface area contributed by atoms with Crippen molar-refractivity contribution in [1.82, 2.24) is 15.3 Å². The average molecular weight is 205 g/mol. The summed E-state index contributed by atoms with van der Waals surface area (Å²) in [6.45, 7) is 6.49. The summed E-state index contributed by atoms with van der Waals surface area (Å²) in [6, 6.07) is 0. The van der Waals surface area contributed by atoms with Crippen molar-refractivity contribution >= 4 is 0 Å². The first-order valence-electron chi connectivity index (χ1n) is 5.80. The van der Waals surface area contributed by atoms with E-state index in [4.69, 9.17) is 0 Å². The van der Waals surface area contributed by atoms with Crippen molar-refractivity contribution in [2.75, 3.05) is 13.1 Å². The van der Waals surface area contributed by atoms with E-state index in [9.17, 15) is 0 Å². The first-order chi connectivity index (χ1) is 7.27. The second-order valence-corrected chi connectivity index (χ2v) is 4.55. The number of hydrogen-bond acceptors (Lipinski definition) is 3. The Morgan fingerprint density at radius 2 is 1.80 bits per heavy atom. The van der Waals surface area contributed by atoms with E-state index < -0.39 is 0 Å². The van der Waals surface area contributed by atoms with Crippen LogP contribution in [0.15, 0.2) is 12.4 Å². The smallest absolute Gasteiger partial charge is 0.130 e. The lowest BCUT2D eigenvalue weighted by Crippen LogP contribution is -2.26. The molecular weight excluding hydrogens is 186 g/mol. The van der Waals surface area contributed by atoms with Crippen LogP contribution < -0.4 is 5.32 Å². The van der Waals surface area contributed by atoms with Crippen LogP contribution in [0.1, 0.15) is 49.9 Å². The van der Waals surface area contributed by atoms with Crippen molar-refractivity contribution in [3.05, 3.63) is 23.8 Å². The molecule has 0 radical (unpaired) electrons. The van der Waals surface area contributed by atoms with Crippen LogP contribution in [0.3, 0.4) is 0 Å². The van der Waals surface area contributed by atoms with Crippen LogP contribution in [-0.2, 0) is 0 Å². The van der Waals surface area contributed by atoms with Gasteiger partial charge >= 0.3 is 0 Å². The molecule has 1 aromatic heterocycles. The van der Waals surface area contributed by atoms with E-state index in [1.54, 1.807) is 0 Å². The molecule has 1 aliphatic rings. The molecule has 3 heteroatoms. The molecule has 2 rings (SSSR count). The van der Waals surface area contributed by atoms with Gasteiger partial charge in [-0.1, -0.05) is 13.8 Å². The van der Waals surface area contributed by atoms with Crippen molar-refractivity contribution in [2.24, 2.45) is 0 Å². The number of piperidine rings is 1. The van der Waals surface area contributed by atoms with Crippen LogP contribution >= 0.6 is 0 Å². The Labute approximate surface area is 91.3 Å². The van der Waals surface area contributed by atoms with E-state index in [2.05, 4.69) is 29.1 Å². The molecule has 3 nitrogen and oxygen atoms in total. The Bertz CT molecular complexity index is 299. The quantitative estimate of drug-likeness (QED) is 0.803. The highest BCUT2D eigenvalue weighted by Crippen LogP contribution is 2.24. The Morgan fingerprint density at radius 1 is 1.20 bits per heavy atom. The lowest BCUT2D eigenvalue weighted by atomic mass is 9.92. The van der Waals surface area contributed by atoms with Crippen molar-refractivity contribution < 1.29 is 0 Å². The van der Waals surface area contributed by atoms with Crippen molar-refractivity contribution in [1.29, 1.82) is 0 Å². The third-order valence-corrected chi connectivity index (χ3v) is 3.02. The van der Waals surface area contributed by atoms with Crippen LogP contribution in [0.25, 0.3) is 0 Å². The molecule has 2 heterocycles.